The van der Waals surface area contributed by atoms with Crippen molar-refractivity contribution < 1.29 is 14.0 Å². The van der Waals surface area contributed by atoms with Crippen LogP contribution in [0.1, 0.15) is 31.2 Å². The Labute approximate surface area is 104 Å². The van der Waals surface area contributed by atoms with Crippen LogP contribution in [0.2, 0.25) is 0 Å². The van der Waals surface area contributed by atoms with Gasteiger partial charge in [0.1, 0.15) is 6.04 Å². The average Bonchev–Trinajstić information content (AvgIpc) is 2.87. The van der Waals surface area contributed by atoms with Crippen LogP contribution < -0.4 is 0 Å². The first-order valence-corrected chi connectivity index (χ1v) is 6.15. The number of rotatable bonds is 2. The topological polar surface area (TPSA) is 71.7 Å². The van der Waals surface area contributed by atoms with E-state index < -0.39 is 0 Å². The second kappa shape index (κ2) is 3.23. The maximum Gasteiger partial charge on any atom is 0.345 e. The summed E-state index contributed by atoms with van der Waals surface area (Å²) in [5, 5.41) is 9.20. The summed E-state index contributed by atoms with van der Waals surface area (Å²) in [6.07, 6.45) is 4.49. The highest BCUT2D eigenvalue weighted by Gasteiger charge is 2.64. The molecule has 2 aliphatic heterocycles. The van der Waals surface area contributed by atoms with Gasteiger partial charge in [0.2, 0.25) is 12.3 Å². The Morgan fingerprint density at radius 2 is 2.39 bits per heavy atom. The van der Waals surface area contributed by atoms with E-state index in [2.05, 4.69) is 10.2 Å². The van der Waals surface area contributed by atoms with Crippen LogP contribution in [0.25, 0.3) is 0 Å². The van der Waals surface area contributed by atoms with Crippen LogP contribution in [0.5, 0.6) is 0 Å². The molecule has 3 heterocycles. The molecule has 2 amide bonds. The highest BCUT2D eigenvalue weighted by Crippen LogP contribution is 2.61. The number of piperidine rings is 1. The SMILES string of the molecule is CON1C(=O)N2CC1C1(CC1)CC2c1nnco1. The fourth-order valence-corrected chi connectivity index (χ4v) is 3.38. The van der Waals surface area contributed by atoms with E-state index in [0.29, 0.717) is 12.4 Å². The maximum absolute atomic E-state index is 12.3. The molecule has 1 saturated carbocycles. The lowest BCUT2D eigenvalue weighted by atomic mass is 9.85. The van der Waals surface area contributed by atoms with Gasteiger partial charge in [-0.25, -0.2) is 4.79 Å². The molecule has 1 spiro atoms. The number of nitrogens with zero attached hydrogens (tertiary/aromatic N) is 4. The molecule has 18 heavy (non-hydrogen) atoms. The summed E-state index contributed by atoms with van der Waals surface area (Å²) < 4.78 is 5.29. The summed E-state index contributed by atoms with van der Waals surface area (Å²) >= 11 is 0. The van der Waals surface area contributed by atoms with Gasteiger partial charge in [0, 0.05) is 6.54 Å². The van der Waals surface area contributed by atoms with Crippen molar-refractivity contribution in [3.05, 3.63) is 12.3 Å². The van der Waals surface area contributed by atoms with E-state index in [1.54, 1.807) is 12.0 Å². The molecule has 1 aromatic heterocycles. The molecule has 7 heteroatoms. The van der Waals surface area contributed by atoms with Gasteiger partial charge in [0.25, 0.3) is 0 Å². The summed E-state index contributed by atoms with van der Waals surface area (Å²) in [7, 11) is 1.55. The molecule has 2 bridgehead atoms. The van der Waals surface area contributed by atoms with Crippen LogP contribution in [-0.2, 0) is 4.84 Å². The van der Waals surface area contributed by atoms with Crippen LogP contribution in [0, 0.1) is 5.41 Å². The smallest absolute Gasteiger partial charge is 0.345 e. The van der Waals surface area contributed by atoms with E-state index in [9.17, 15) is 4.79 Å². The zero-order chi connectivity index (χ0) is 12.3. The van der Waals surface area contributed by atoms with Crippen molar-refractivity contribution in [2.24, 2.45) is 5.41 Å². The molecule has 3 aliphatic rings. The molecule has 4 rings (SSSR count). The van der Waals surface area contributed by atoms with Crippen molar-refractivity contribution in [3.8, 4) is 0 Å². The summed E-state index contributed by atoms with van der Waals surface area (Å²) in [6, 6.07) is -0.0115. The predicted octanol–water partition coefficient (Wildman–Crippen LogP) is 0.962. The minimum atomic E-state index is -0.0982. The second-order valence-electron chi connectivity index (χ2n) is 5.32. The van der Waals surface area contributed by atoms with Crippen molar-refractivity contribution in [2.45, 2.75) is 31.3 Å². The van der Waals surface area contributed by atoms with Gasteiger partial charge in [-0.15, -0.1) is 10.2 Å². The lowest BCUT2D eigenvalue weighted by Crippen LogP contribution is -2.42. The van der Waals surface area contributed by atoms with Gasteiger partial charge in [-0.2, -0.15) is 5.06 Å². The van der Waals surface area contributed by atoms with Gasteiger partial charge in [-0.1, -0.05) is 0 Å². The average molecular weight is 250 g/mol. The Hall–Kier alpha value is -1.63. The standard InChI is InChI=1S/C11H14N4O3/c1-17-15-8-5-14(10(15)16)7(4-11(8)2-3-11)9-13-12-6-18-9/h6-8H,2-5H2,1H3. The van der Waals surface area contributed by atoms with Crippen LogP contribution in [-0.4, -0.2) is 45.9 Å². The van der Waals surface area contributed by atoms with Gasteiger partial charge in [0.05, 0.1) is 13.2 Å². The third-order valence-electron chi connectivity index (χ3n) is 4.52. The first-order chi connectivity index (χ1) is 8.75. The van der Waals surface area contributed by atoms with Gasteiger partial charge < -0.3 is 9.32 Å². The van der Waals surface area contributed by atoms with Gasteiger partial charge in [-0.05, 0) is 24.7 Å². The van der Waals surface area contributed by atoms with Crippen molar-refractivity contribution in [1.29, 1.82) is 0 Å². The van der Waals surface area contributed by atoms with Crippen molar-refractivity contribution >= 4 is 6.03 Å². The molecule has 0 N–H and O–H groups in total. The van der Waals surface area contributed by atoms with E-state index >= 15 is 0 Å². The fraction of sp³-hybridized carbons (Fsp3) is 0.727. The molecule has 7 nitrogen and oxygen atoms in total. The molecular formula is C11H14N4O3. The Kier molecular flexibility index (Phi) is 1.85. The first kappa shape index (κ1) is 10.3. The molecule has 0 radical (unpaired) electrons. The predicted molar refractivity (Wildman–Crippen MR) is 58.1 cm³/mol. The minimum absolute atomic E-state index is 0.0884. The number of hydrogen-bond donors (Lipinski definition) is 0. The number of aromatic nitrogens is 2. The number of hydrogen-bond acceptors (Lipinski definition) is 5. The number of fused-ring (bicyclic) bond motifs is 3. The van der Waals surface area contributed by atoms with Crippen molar-refractivity contribution in [1.82, 2.24) is 20.2 Å². The Morgan fingerprint density at radius 1 is 1.56 bits per heavy atom. The molecule has 2 saturated heterocycles. The molecule has 1 aromatic rings. The van der Waals surface area contributed by atoms with E-state index in [1.807, 2.05) is 0 Å². The van der Waals surface area contributed by atoms with Crippen LogP contribution in [0.4, 0.5) is 4.79 Å². The first-order valence-electron chi connectivity index (χ1n) is 6.15. The largest absolute Gasteiger partial charge is 0.426 e. The molecule has 2 unspecified atom stereocenters. The lowest BCUT2D eigenvalue weighted by Gasteiger charge is -2.34. The van der Waals surface area contributed by atoms with E-state index in [4.69, 9.17) is 9.25 Å². The third kappa shape index (κ3) is 1.14. The molecule has 3 fully saturated rings. The third-order valence-corrected chi connectivity index (χ3v) is 4.52. The second-order valence-corrected chi connectivity index (χ2v) is 5.32. The highest BCUT2D eigenvalue weighted by molar-refractivity contribution is 5.77. The lowest BCUT2D eigenvalue weighted by molar-refractivity contribution is -0.116. The van der Waals surface area contributed by atoms with Crippen molar-refractivity contribution in [2.75, 3.05) is 13.7 Å². The number of carbonyl (C=O) groups excluding carboxylic acids is 1. The quantitative estimate of drug-likeness (QED) is 0.781. The van der Waals surface area contributed by atoms with E-state index in [1.165, 1.54) is 11.5 Å². The monoisotopic (exact) mass is 250 g/mol. The van der Waals surface area contributed by atoms with Gasteiger partial charge >= 0.3 is 6.03 Å². The number of urea groups is 1. The summed E-state index contributed by atoms with van der Waals surface area (Å²) in [5.74, 6) is 0.533. The molecular weight excluding hydrogens is 236 g/mol. The summed E-state index contributed by atoms with van der Waals surface area (Å²) in [5.41, 5.74) is 0.192. The summed E-state index contributed by atoms with van der Waals surface area (Å²) in [4.78, 5) is 19.3. The Bertz CT molecular complexity index is 484. The van der Waals surface area contributed by atoms with Gasteiger partial charge in [-0.3, -0.25) is 4.84 Å². The normalized spacial score (nSPS) is 32.4. The number of amides is 2. The zero-order valence-corrected chi connectivity index (χ0v) is 10.1. The number of hydroxylamine groups is 2. The Balaban J connectivity index is 1.74. The molecule has 0 aromatic carbocycles. The zero-order valence-electron chi connectivity index (χ0n) is 10.1. The number of carbonyl (C=O) groups is 1. The molecule has 96 valence electrons. The molecule has 2 atom stereocenters. The highest BCUT2D eigenvalue weighted by atomic mass is 16.7. The fourth-order valence-electron chi connectivity index (χ4n) is 3.38. The van der Waals surface area contributed by atoms with Crippen LogP contribution in [0.15, 0.2) is 10.8 Å². The van der Waals surface area contributed by atoms with Crippen molar-refractivity contribution in [3.63, 3.8) is 0 Å². The summed E-state index contributed by atoms with van der Waals surface area (Å²) in [6.45, 7) is 0.694. The van der Waals surface area contributed by atoms with E-state index in [0.717, 1.165) is 19.3 Å². The van der Waals surface area contributed by atoms with E-state index in [-0.39, 0.29) is 23.5 Å². The van der Waals surface area contributed by atoms with Crippen LogP contribution >= 0.6 is 0 Å². The minimum Gasteiger partial charge on any atom is -0.426 e. The maximum atomic E-state index is 12.3. The molecule has 1 aliphatic carbocycles. The van der Waals surface area contributed by atoms with Crippen LogP contribution in [0.3, 0.4) is 0 Å². The Morgan fingerprint density at radius 3 is 3.00 bits per heavy atom. The van der Waals surface area contributed by atoms with Gasteiger partial charge in [0.15, 0.2) is 0 Å².